The molecule has 0 saturated heterocycles. The van der Waals surface area contributed by atoms with Gasteiger partial charge in [-0.15, -0.1) is 0 Å². The van der Waals surface area contributed by atoms with Crippen LogP contribution in [0.25, 0.3) is 0 Å². The SMILES string of the molecule is Nc1cccc(N)c1C=O. The van der Waals surface area contributed by atoms with Crippen molar-refractivity contribution in [3.63, 3.8) is 0 Å². The Morgan fingerprint density at radius 3 is 2.00 bits per heavy atom. The number of nitrogen functional groups attached to an aromatic ring is 2. The maximum atomic E-state index is 10.3. The molecule has 0 atom stereocenters. The molecule has 0 heterocycles. The predicted molar refractivity (Wildman–Crippen MR) is 40.7 cm³/mol. The first-order valence-corrected chi connectivity index (χ1v) is 2.85. The lowest BCUT2D eigenvalue weighted by Crippen LogP contribution is -1.97. The lowest BCUT2D eigenvalue weighted by atomic mass is 10.1. The van der Waals surface area contributed by atoms with Crippen LogP contribution in [0.15, 0.2) is 18.2 Å². The molecule has 1 rings (SSSR count). The Morgan fingerprint density at radius 1 is 1.20 bits per heavy atom. The summed E-state index contributed by atoms with van der Waals surface area (Å²) in [6.07, 6.45) is 0.657. The van der Waals surface area contributed by atoms with E-state index in [0.717, 1.165) is 0 Å². The summed E-state index contributed by atoms with van der Waals surface area (Å²) in [6.45, 7) is 0. The zero-order valence-electron chi connectivity index (χ0n) is 5.37. The molecule has 1 aromatic carbocycles. The Hall–Kier alpha value is -1.51. The van der Waals surface area contributed by atoms with Crippen LogP contribution >= 0.6 is 0 Å². The van der Waals surface area contributed by atoms with Crippen molar-refractivity contribution < 1.29 is 4.79 Å². The third-order valence-electron chi connectivity index (χ3n) is 1.29. The molecule has 0 bridgehead atoms. The molecular weight excluding hydrogens is 128 g/mol. The molecule has 10 heavy (non-hydrogen) atoms. The van der Waals surface area contributed by atoms with E-state index < -0.39 is 0 Å². The van der Waals surface area contributed by atoms with E-state index in [-0.39, 0.29) is 0 Å². The van der Waals surface area contributed by atoms with Gasteiger partial charge < -0.3 is 11.5 Å². The highest BCUT2D eigenvalue weighted by atomic mass is 16.1. The summed E-state index contributed by atoms with van der Waals surface area (Å²) < 4.78 is 0. The van der Waals surface area contributed by atoms with Gasteiger partial charge in [0.1, 0.15) is 0 Å². The van der Waals surface area contributed by atoms with Crippen LogP contribution in [0, 0.1) is 0 Å². The van der Waals surface area contributed by atoms with Crippen molar-refractivity contribution in [3.8, 4) is 0 Å². The van der Waals surface area contributed by atoms with E-state index in [4.69, 9.17) is 11.5 Å². The van der Waals surface area contributed by atoms with E-state index in [9.17, 15) is 4.79 Å². The van der Waals surface area contributed by atoms with Crippen molar-refractivity contribution in [2.24, 2.45) is 0 Å². The zero-order valence-corrected chi connectivity index (χ0v) is 5.37. The Kier molecular flexibility index (Phi) is 1.58. The van der Waals surface area contributed by atoms with Crippen molar-refractivity contribution in [2.45, 2.75) is 0 Å². The van der Waals surface area contributed by atoms with Crippen LogP contribution in [0.1, 0.15) is 10.4 Å². The Bertz CT molecular complexity index is 238. The first kappa shape index (κ1) is 6.61. The van der Waals surface area contributed by atoms with Crippen molar-refractivity contribution >= 4 is 17.7 Å². The number of hydrogen-bond acceptors (Lipinski definition) is 3. The highest BCUT2D eigenvalue weighted by molar-refractivity contribution is 5.90. The van der Waals surface area contributed by atoms with Crippen LogP contribution in [0.2, 0.25) is 0 Å². The third-order valence-corrected chi connectivity index (χ3v) is 1.29. The van der Waals surface area contributed by atoms with Crippen LogP contribution in [0.4, 0.5) is 11.4 Å². The number of carbonyl (C=O) groups excluding carboxylic acids is 1. The normalized spacial score (nSPS) is 9.20. The van der Waals surface area contributed by atoms with Gasteiger partial charge in [-0.25, -0.2) is 0 Å². The summed E-state index contributed by atoms with van der Waals surface area (Å²) in [6, 6.07) is 4.98. The summed E-state index contributed by atoms with van der Waals surface area (Å²) in [5.74, 6) is 0. The molecule has 0 fully saturated rings. The number of aldehydes is 1. The van der Waals surface area contributed by atoms with Crippen LogP contribution in [0.5, 0.6) is 0 Å². The van der Waals surface area contributed by atoms with Crippen molar-refractivity contribution in [3.05, 3.63) is 23.8 Å². The summed E-state index contributed by atoms with van der Waals surface area (Å²) in [5.41, 5.74) is 12.1. The van der Waals surface area contributed by atoms with E-state index >= 15 is 0 Å². The number of nitrogens with two attached hydrogens (primary N) is 2. The van der Waals surface area contributed by atoms with E-state index in [2.05, 4.69) is 0 Å². The van der Waals surface area contributed by atoms with Gasteiger partial charge in [0.05, 0.1) is 5.56 Å². The molecule has 0 radical (unpaired) electrons. The molecule has 0 aliphatic heterocycles. The molecule has 3 heteroatoms. The first-order chi connectivity index (χ1) is 4.75. The summed E-state index contributed by atoms with van der Waals surface area (Å²) in [4.78, 5) is 10.3. The Morgan fingerprint density at radius 2 is 1.70 bits per heavy atom. The first-order valence-electron chi connectivity index (χ1n) is 2.85. The second-order valence-electron chi connectivity index (χ2n) is 1.97. The van der Waals surface area contributed by atoms with Gasteiger partial charge in [-0.05, 0) is 12.1 Å². The van der Waals surface area contributed by atoms with Gasteiger partial charge in [0, 0.05) is 11.4 Å². The molecule has 0 unspecified atom stereocenters. The van der Waals surface area contributed by atoms with E-state index in [0.29, 0.717) is 23.2 Å². The van der Waals surface area contributed by atoms with Crippen molar-refractivity contribution in [1.82, 2.24) is 0 Å². The van der Waals surface area contributed by atoms with Crippen LogP contribution in [0.3, 0.4) is 0 Å². The van der Waals surface area contributed by atoms with Crippen LogP contribution in [-0.2, 0) is 0 Å². The minimum Gasteiger partial charge on any atom is -0.398 e. The molecule has 0 aliphatic carbocycles. The Labute approximate surface area is 58.6 Å². The van der Waals surface area contributed by atoms with Gasteiger partial charge in [-0.2, -0.15) is 0 Å². The number of benzene rings is 1. The lowest BCUT2D eigenvalue weighted by molar-refractivity contribution is 0.112. The maximum Gasteiger partial charge on any atom is 0.154 e. The maximum absolute atomic E-state index is 10.3. The van der Waals surface area contributed by atoms with Gasteiger partial charge >= 0.3 is 0 Å². The van der Waals surface area contributed by atoms with Gasteiger partial charge in [0.25, 0.3) is 0 Å². The number of anilines is 2. The Balaban J connectivity index is 3.30. The van der Waals surface area contributed by atoms with E-state index in [1.54, 1.807) is 18.2 Å². The minimum absolute atomic E-state index is 0.377. The number of carbonyl (C=O) groups is 1. The molecule has 0 aromatic heterocycles. The molecule has 3 nitrogen and oxygen atoms in total. The van der Waals surface area contributed by atoms with Crippen molar-refractivity contribution in [1.29, 1.82) is 0 Å². The lowest BCUT2D eigenvalue weighted by Gasteiger charge is -1.99. The highest BCUT2D eigenvalue weighted by Crippen LogP contribution is 2.15. The smallest absolute Gasteiger partial charge is 0.154 e. The molecule has 0 spiro atoms. The van der Waals surface area contributed by atoms with Gasteiger partial charge in [-0.3, -0.25) is 4.79 Å². The summed E-state index contributed by atoms with van der Waals surface area (Å²) >= 11 is 0. The minimum atomic E-state index is 0.377. The standard InChI is InChI=1S/C7H8N2O/c8-6-2-1-3-7(9)5(6)4-10/h1-4H,8-9H2. The fraction of sp³-hybridized carbons (Fsp3) is 0. The number of rotatable bonds is 1. The van der Waals surface area contributed by atoms with Gasteiger partial charge in [0.15, 0.2) is 6.29 Å². The molecule has 1 aromatic rings. The quantitative estimate of drug-likeness (QED) is 0.440. The molecule has 4 N–H and O–H groups in total. The summed E-state index contributed by atoms with van der Waals surface area (Å²) in [5, 5.41) is 0. The average molecular weight is 136 g/mol. The molecule has 52 valence electrons. The number of hydrogen-bond donors (Lipinski definition) is 2. The highest BCUT2D eigenvalue weighted by Gasteiger charge is 1.99. The second kappa shape index (κ2) is 2.39. The van der Waals surface area contributed by atoms with Crippen molar-refractivity contribution in [2.75, 3.05) is 11.5 Å². The van der Waals surface area contributed by atoms with E-state index in [1.807, 2.05) is 0 Å². The van der Waals surface area contributed by atoms with Gasteiger partial charge in [-0.1, -0.05) is 6.07 Å². The fourth-order valence-corrected chi connectivity index (χ4v) is 0.738. The largest absolute Gasteiger partial charge is 0.398 e. The average Bonchev–Trinajstić information content (AvgIpc) is 1.88. The molecule has 0 aliphatic rings. The fourth-order valence-electron chi connectivity index (χ4n) is 0.738. The zero-order chi connectivity index (χ0) is 7.56. The van der Waals surface area contributed by atoms with Crippen LogP contribution in [-0.4, -0.2) is 6.29 Å². The second-order valence-corrected chi connectivity index (χ2v) is 1.97. The molecule has 0 amide bonds. The predicted octanol–water partition coefficient (Wildman–Crippen LogP) is 0.664. The molecule has 0 saturated carbocycles. The monoisotopic (exact) mass is 136 g/mol. The van der Waals surface area contributed by atoms with E-state index in [1.165, 1.54) is 0 Å². The van der Waals surface area contributed by atoms with Gasteiger partial charge in [0.2, 0.25) is 0 Å². The van der Waals surface area contributed by atoms with Crippen LogP contribution < -0.4 is 11.5 Å². The topological polar surface area (TPSA) is 69.1 Å². The summed E-state index contributed by atoms with van der Waals surface area (Å²) in [7, 11) is 0. The third kappa shape index (κ3) is 0.932. The molecular formula is C7H8N2O.